The monoisotopic (exact) mass is 269 g/mol. The van der Waals surface area contributed by atoms with Gasteiger partial charge in [0, 0.05) is 11.2 Å². The first-order chi connectivity index (χ1) is 8.10. The molecule has 0 heterocycles. The molecule has 0 aliphatic carbocycles. The van der Waals surface area contributed by atoms with Gasteiger partial charge < -0.3 is 4.65 Å². The molecule has 18 heavy (non-hydrogen) atoms. The lowest BCUT2D eigenvalue weighted by molar-refractivity contribution is -0.115. The summed E-state index contributed by atoms with van der Waals surface area (Å²) >= 11 is 4.50. The summed E-state index contributed by atoms with van der Waals surface area (Å²) in [7, 11) is 1.58. The van der Waals surface area contributed by atoms with Crippen molar-refractivity contribution in [2.45, 2.75) is 64.7 Å². The van der Waals surface area contributed by atoms with Gasteiger partial charge in [-0.1, -0.05) is 26.2 Å². The third-order valence-corrected chi connectivity index (χ3v) is 3.98. The molecule has 1 radical (unpaired) electrons. The van der Waals surface area contributed by atoms with Crippen LogP contribution in [0.5, 0.6) is 0 Å². The summed E-state index contributed by atoms with van der Waals surface area (Å²) < 4.78 is 5.38. The van der Waals surface area contributed by atoms with Gasteiger partial charge in [-0.05, 0) is 39.7 Å². The van der Waals surface area contributed by atoms with E-state index in [-0.39, 0.29) is 16.1 Å². The Morgan fingerprint density at radius 1 is 1.39 bits per heavy atom. The third-order valence-electron chi connectivity index (χ3n) is 3.44. The topological polar surface area (TPSA) is 26.3 Å². The molecule has 4 heteroatoms. The first-order valence-electron chi connectivity index (χ1n) is 6.53. The molecule has 2 nitrogen and oxygen atoms in total. The van der Waals surface area contributed by atoms with Gasteiger partial charge >= 0.3 is 7.48 Å². The average molecular weight is 269 g/mol. The second kappa shape index (κ2) is 7.39. The van der Waals surface area contributed by atoms with Gasteiger partial charge in [-0.25, -0.2) is 0 Å². The van der Waals surface area contributed by atoms with Crippen molar-refractivity contribution in [3.63, 3.8) is 0 Å². The van der Waals surface area contributed by atoms with Crippen LogP contribution in [0.15, 0.2) is 12.1 Å². The van der Waals surface area contributed by atoms with E-state index in [2.05, 4.69) is 26.5 Å². The maximum atomic E-state index is 11.6. The fourth-order valence-corrected chi connectivity index (χ4v) is 1.11. The highest BCUT2D eigenvalue weighted by molar-refractivity contribution is 7.81. The van der Waals surface area contributed by atoms with E-state index in [1.54, 1.807) is 19.5 Å². The van der Waals surface area contributed by atoms with Gasteiger partial charge in [-0.3, -0.25) is 4.79 Å². The van der Waals surface area contributed by atoms with Gasteiger partial charge in [0.25, 0.3) is 0 Å². The molecule has 1 atom stereocenters. The molecule has 0 fully saturated rings. The molecular weight excluding hydrogens is 243 g/mol. The van der Waals surface area contributed by atoms with Crippen molar-refractivity contribution in [2.24, 2.45) is 5.92 Å². The molecule has 0 rings (SSSR count). The quantitative estimate of drug-likeness (QED) is 0.414. The summed E-state index contributed by atoms with van der Waals surface area (Å²) in [5.41, 5.74) is -0.389. The smallest absolute Gasteiger partial charge is 0.323 e. The molecule has 0 amide bonds. The molecule has 0 spiro atoms. The van der Waals surface area contributed by atoms with Gasteiger partial charge in [0.1, 0.15) is 0 Å². The van der Waals surface area contributed by atoms with Crippen molar-refractivity contribution >= 4 is 25.9 Å². The van der Waals surface area contributed by atoms with Gasteiger partial charge in [0.15, 0.2) is 5.78 Å². The van der Waals surface area contributed by atoms with E-state index in [1.165, 1.54) is 0 Å². The van der Waals surface area contributed by atoms with E-state index in [4.69, 9.17) is 4.65 Å². The maximum absolute atomic E-state index is 11.6. The number of ketones is 1. The van der Waals surface area contributed by atoms with Crippen LogP contribution in [-0.2, 0) is 9.45 Å². The molecule has 0 aromatic carbocycles. The van der Waals surface area contributed by atoms with Crippen LogP contribution in [0.25, 0.3) is 0 Å². The Labute approximate surface area is 118 Å². The van der Waals surface area contributed by atoms with Crippen LogP contribution < -0.4 is 0 Å². The van der Waals surface area contributed by atoms with E-state index in [0.717, 1.165) is 6.42 Å². The lowest BCUT2D eigenvalue weighted by Gasteiger charge is -2.37. The normalized spacial score (nSPS) is 14.8. The SMILES string of the molecule is CCC(C)CC(=O)/C=C/[B]OC(C)(C)C(C)(C)S. The Hall–Kier alpha value is -0.215. The zero-order valence-electron chi connectivity index (χ0n) is 12.5. The molecule has 0 saturated heterocycles. The standard InChI is InChI=1S/C14H26BO2S/c1-7-11(2)10-12(16)8-9-15-17-13(3,4)14(5,6)18/h8-9,11,18H,7,10H2,1-6H3/b9-8+. The predicted molar refractivity (Wildman–Crippen MR) is 82.2 cm³/mol. The maximum Gasteiger partial charge on any atom is 0.323 e. The molecule has 103 valence electrons. The van der Waals surface area contributed by atoms with Crippen molar-refractivity contribution in [3.05, 3.63) is 12.1 Å². The minimum atomic E-state index is -0.389. The van der Waals surface area contributed by atoms with E-state index in [0.29, 0.717) is 12.3 Å². The summed E-state index contributed by atoms with van der Waals surface area (Å²) in [5, 5.41) is 0. The Bertz CT molecular complexity index is 293. The van der Waals surface area contributed by atoms with Crippen molar-refractivity contribution in [2.75, 3.05) is 0 Å². The number of rotatable bonds is 8. The average Bonchev–Trinajstić information content (AvgIpc) is 2.22. The van der Waals surface area contributed by atoms with Gasteiger partial charge in [0.05, 0.1) is 5.60 Å². The van der Waals surface area contributed by atoms with Gasteiger partial charge in [-0.15, -0.1) is 0 Å². The predicted octanol–water partition coefficient (Wildman–Crippen LogP) is 3.63. The van der Waals surface area contributed by atoms with E-state index in [9.17, 15) is 4.79 Å². The summed E-state index contributed by atoms with van der Waals surface area (Å²) in [6.07, 6.45) is 3.21. The van der Waals surface area contributed by atoms with Crippen LogP contribution in [0.4, 0.5) is 0 Å². The minimum absolute atomic E-state index is 0.145. The molecule has 0 aliphatic rings. The number of carbonyl (C=O) groups excluding carboxylic acids is 1. The molecule has 0 N–H and O–H groups in total. The summed E-state index contributed by atoms with van der Waals surface area (Å²) in [6, 6.07) is 0. The molecule has 0 bridgehead atoms. The van der Waals surface area contributed by atoms with Crippen LogP contribution in [0.1, 0.15) is 54.4 Å². The Morgan fingerprint density at radius 3 is 2.39 bits per heavy atom. The van der Waals surface area contributed by atoms with Crippen molar-refractivity contribution in [1.29, 1.82) is 0 Å². The fourth-order valence-electron chi connectivity index (χ4n) is 1.06. The van der Waals surface area contributed by atoms with Crippen LogP contribution >= 0.6 is 12.6 Å². The summed E-state index contributed by atoms with van der Waals surface area (Å²) in [6.45, 7) is 12.1. The lowest BCUT2D eigenvalue weighted by atomic mass is 9.89. The van der Waals surface area contributed by atoms with E-state index < -0.39 is 0 Å². The van der Waals surface area contributed by atoms with E-state index >= 15 is 0 Å². The van der Waals surface area contributed by atoms with Crippen molar-refractivity contribution in [3.8, 4) is 0 Å². The zero-order chi connectivity index (χ0) is 14.4. The highest BCUT2D eigenvalue weighted by atomic mass is 32.1. The van der Waals surface area contributed by atoms with Crippen molar-refractivity contribution in [1.82, 2.24) is 0 Å². The third kappa shape index (κ3) is 6.65. The number of allylic oxidation sites excluding steroid dienone is 1. The first-order valence-corrected chi connectivity index (χ1v) is 6.97. The van der Waals surface area contributed by atoms with Gasteiger partial charge in [0.2, 0.25) is 0 Å². The lowest BCUT2D eigenvalue weighted by Crippen LogP contribution is -2.43. The second-order valence-corrected chi connectivity index (χ2v) is 6.98. The molecule has 1 unspecified atom stereocenters. The molecule has 0 aliphatic heterocycles. The van der Waals surface area contributed by atoms with Crippen LogP contribution in [0.3, 0.4) is 0 Å². The molecular formula is C14H26BO2S. The highest BCUT2D eigenvalue weighted by Crippen LogP contribution is 2.30. The van der Waals surface area contributed by atoms with Crippen molar-refractivity contribution < 1.29 is 9.45 Å². The molecule has 0 aromatic heterocycles. The zero-order valence-corrected chi connectivity index (χ0v) is 13.4. The number of hydrogen-bond acceptors (Lipinski definition) is 3. The second-order valence-electron chi connectivity index (χ2n) is 5.87. The Kier molecular flexibility index (Phi) is 7.30. The minimum Gasteiger partial charge on any atom is -0.429 e. The van der Waals surface area contributed by atoms with E-state index in [1.807, 2.05) is 27.7 Å². The number of hydrogen-bond donors (Lipinski definition) is 1. The van der Waals surface area contributed by atoms with Gasteiger partial charge in [-0.2, -0.15) is 12.6 Å². The van der Waals surface area contributed by atoms with Crippen LogP contribution in [0.2, 0.25) is 0 Å². The highest BCUT2D eigenvalue weighted by Gasteiger charge is 2.33. The summed E-state index contributed by atoms with van der Waals surface area (Å²) in [4.78, 5) is 11.6. The first kappa shape index (κ1) is 17.8. The summed E-state index contributed by atoms with van der Waals surface area (Å²) in [5.74, 6) is 2.26. The Morgan fingerprint density at radius 2 is 1.94 bits per heavy atom. The number of thiol groups is 1. The number of carbonyl (C=O) groups is 1. The molecule has 0 aromatic rings. The molecule has 0 saturated carbocycles. The van der Waals surface area contributed by atoms with Crippen LogP contribution in [-0.4, -0.2) is 23.6 Å². The van der Waals surface area contributed by atoms with Crippen LogP contribution in [0, 0.1) is 5.92 Å². The largest absolute Gasteiger partial charge is 0.429 e. The Balaban J connectivity index is 4.09. The fraction of sp³-hybridized carbons (Fsp3) is 0.786.